The number of ether oxygens (including phenoxy) is 2. The summed E-state index contributed by atoms with van der Waals surface area (Å²) in [5.41, 5.74) is 1.92. The minimum atomic E-state index is 0.195. The van der Waals surface area contributed by atoms with Crippen LogP contribution in [0.1, 0.15) is 39.3 Å². The Balaban J connectivity index is 1.24. The molecule has 3 heterocycles. The lowest BCUT2D eigenvalue weighted by atomic mass is 9.95. The molecule has 2 atom stereocenters. The van der Waals surface area contributed by atoms with Gasteiger partial charge in [-0.05, 0) is 63.8 Å². The van der Waals surface area contributed by atoms with Gasteiger partial charge in [-0.3, -0.25) is 9.69 Å². The number of hydrogen-bond acceptors (Lipinski definition) is 6. The number of benzene rings is 1. The molecule has 7 heteroatoms. The van der Waals surface area contributed by atoms with Crippen molar-refractivity contribution in [3.05, 3.63) is 35.3 Å². The molecule has 0 radical (unpaired) electrons. The number of hydrogen-bond donors (Lipinski definition) is 0. The number of thiazole rings is 1. The zero-order valence-corrected chi connectivity index (χ0v) is 20.3. The van der Waals surface area contributed by atoms with E-state index in [1.165, 1.54) is 0 Å². The number of rotatable bonds is 7. The van der Waals surface area contributed by atoms with Crippen molar-refractivity contribution in [2.24, 2.45) is 5.92 Å². The van der Waals surface area contributed by atoms with Crippen molar-refractivity contribution in [3.63, 3.8) is 0 Å². The molecule has 32 heavy (non-hydrogen) atoms. The fraction of sp³-hybridized carbons (Fsp3) is 0.600. The Hall–Kier alpha value is -1.96. The third kappa shape index (κ3) is 6.09. The zero-order valence-electron chi connectivity index (χ0n) is 19.5. The normalized spacial score (nSPS) is 22.8. The monoisotopic (exact) mass is 457 g/mol. The second-order valence-electron chi connectivity index (χ2n) is 9.08. The molecule has 0 saturated carbocycles. The summed E-state index contributed by atoms with van der Waals surface area (Å²) in [7, 11) is 0. The standard InChI is InChI=1S/C25H35N3O3S/c1-4-30-23-7-5-21(6-8-23)25-26-22(17-32-25)13-24(29)28-11-9-20(10-12-28)16-27-14-18(2)31-19(3)15-27/h5-8,17-20H,4,9-16H2,1-3H3. The highest BCUT2D eigenvalue weighted by atomic mass is 32.1. The number of carbonyl (C=O) groups excluding carboxylic acids is 1. The van der Waals surface area contributed by atoms with Crippen LogP contribution >= 0.6 is 11.3 Å². The minimum absolute atomic E-state index is 0.195. The van der Waals surface area contributed by atoms with Gasteiger partial charge in [0.1, 0.15) is 10.8 Å². The molecule has 0 aliphatic carbocycles. The molecule has 0 N–H and O–H groups in total. The van der Waals surface area contributed by atoms with Gasteiger partial charge < -0.3 is 14.4 Å². The number of likely N-dealkylation sites (tertiary alicyclic amines) is 1. The van der Waals surface area contributed by atoms with E-state index < -0.39 is 0 Å². The van der Waals surface area contributed by atoms with E-state index in [1.807, 2.05) is 41.5 Å². The fourth-order valence-corrected chi connectivity index (χ4v) is 5.64. The van der Waals surface area contributed by atoms with E-state index in [-0.39, 0.29) is 5.91 Å². The van der Waals surface area contributed by atoms with Gasteiger partial charge >= 0.3 is 0 Å². The van der Waals surface area contributed by atoms with E-state index in [2.05, 4.69) is 18.7 Å². The highest BCUT2D eigenvalue weighted by molar-refractivity contribution is 7.13. The van der Waals surface area contributed by atoms with Crippen LogP contribution in [-0.2, 0) is 16.0 Å². The molecule has 2 aromatic rings. The largest absolute Gasteiger partial charge is 0.494 e. The smallest absolute Gasteiger partial charge is 0.228 e. The summed E-state index contributed by atoms with van der Waals surface area (Å²) in [6, 6.07) is 7.98. The summed E-state index contributed by atoms with van der Waals surface area (Å²) in [6.07, 6.45) is 3.18. The molecule has 2 saturated heterocycles. The number of amides is 1. The molecule has 1 aromatic heterocycles. The summed E-state index contributed by atoms with van der Waals surface area (Å²) in [5, 5.41) is 2.96. The van der Waals surface area contributed by atoms with Crippen LogP contribution in [0.15, 0.2) is 29.6 Å². The van der Waals surface area contributed by atoms with Gasteiger partial charge in [0.05, 0.1) is 30.9 Å². The number of aromatic nitrogens is 1. The van der Waals surface area contributed by atoms with Crippen LogP contribution in [0.4, 0.5) is 0 Å². The molecule has 2 aliphatic heterocycles. The number of nitrogens with zero attached hydrogens (tertiary/aromatic N) is 3. The van der Waals surface area contributed by atoms with E-state index in [1.54, 1.807) is 11.3 Å². The van der Waals surface area contributed by atoms with Crippen LogP contribution < -0.4 is 4.74 Å². The Bertz CT molecular complexity index is 867. The van der Waals surface area contributed by atoms with E-state index >= 15 is 0 Å². The van der Waals surface area contributed by atoms with Gasteiger partial charge in [0.2, 0.25) is 5.91 Å². The fourth-order valence-electron chi connectivity index (χ4n) is 4.81. The second-order valence-corrected chi connectivity index (χ2v) is 9.94. The van der Waals surface area contributed by atoms with Crippen LogP contribution in [-0.4, -0.2) is 72.2 Å². The van der Waals surface area contributed by atoms with Crippen LogP contribution in [0, 0.1) is 5.92 Å². The summed E-state index contributed by atoms with van der Waals surface area (Å²) < 4.78 is 11.4. The summed E-state index contributed by atoms with van der Waals surface area (Å²) in [6.45, 7) is 11.8. The number of morpholine rings is 1. The minimum Gasteiger partial charge on any atom is -0.494 e. The Morgan fingerprint density at radius 2 is 1.84 bits per heavy atom. The Morgan fingerprint density at radius 1 is 1.16 bits per heavy atom. The molecule has 2 unspecified atom stereocenters. The first-order valence-corrected chi connectivity index (χ1v) is 12.7. The summed E-state index contributed by atoms with van der Waals surface area (Å²) in [5.74, 6) is 1.73. The number of piperidine rings is 1. The highest BCUT2D eigenvalue weighted by Gasteiger charge is 2.28. The third-order valence-corrected chi connectivity index (χ3v) is 7.22. The van der Waals surface area contributed by atoms with Crippen LogP contribution in [0.5, 0.6) is 5.75 Å². The van der Waals surface area contributed by atoms with Crippen molar-refractivity contribution in [1.82, 2.24) is 14.8 Å². The lowest BCUT2D eigenvalue weighted by molar-refractivity contribution is -0.132. The maximum absolute atomic E-state index is 12.9. The lowest BCUT2D eigenvalue weighted by Crippen LogP contribution is -2.48. The van der Waals surface area contributed by atoms with Crippen LogP contribution in [0.25, 0.3) is 10.6 Å². The Labute approximate surface area is 195 Å². The van der Waals surface area contributed by atoms with Gasteiger partial charge in [0.15, 0.2) is 0 Å². The van der Waals surface area contributed by atoms with Gasteiger partial charge in [0.25, 0.3) is 0 Å². The van der Waals surface area contributed by atoms with Crippen molar-refractivity contribution < 1.29 is 14.3 Å². The zero-order chi connectivity index (χ0) is 22.5. The molecule has 6 nitrogen and oxygen atoms in total. The third-order valence-electron chi connectivity index (χ3n) is 6.28. The summed E-state index contributed by atoms with van der Waals surface area (Å²) >= 11 is 1.59. The average molecular weight is 458 g/mol. The lowest BCUT2D eigenvalue weighted by Gasteiger charge is -2.39. The number of carbonyl (C=O) groups is 1. The van der Waals surface area contributed by atoms with Gasteiger partial charge in [-0.2, -0.15) is 0 Å². The maximum Gasteiger partial charge on any atom is 0.228 e. The molecule has 1 aromatic carbocycles. The predicted octanol–water partition coefficient (Wildman–Crippen LogP) is 4.10. The molecule has 4 rings (SSSR count). The van der Waals surface area contributed by atoms with E-state index in [4.69, 9.17) is 14.5 Å². The first kappa shape index (κ1) is 23.2. The van der Waals surface area contributed by atoms with Gasteiger partial charge in [-0.25, -0.2) is 4.98 Å². The average Bonchev–Trinajstić information content (AvgIpc) is 3.23. The topological polar surface area (TPSA) is 54.9 Å². The first-order chi connectivity index (χ1) is 15.5. The van der Waals surface area contributed by atoms with Crippen molar-refractivity contribution >= 4 is 17.2 Å². The molecular formula is C25H35N3O3S. The molecule has 174 valence electrons. The van der Waals surface area contributed by atoms with Crippen molar-refractivity contribution in [1.29, 1.82) is 0 Å². The second kappa shape index (κ2) is 10.8. The van der Waals surface area contributed by atoms with Crippen molar-refractivity contribution in [3.8, 4) is 16.3 Å². The molecule has 2 fully saturated rings. The molecule has 0 bridgehead atoms. The summed E-state index contributed by atoms with van der Waals surface area (Å²) in [4.78, 5) is 22.1. The van der Waals surface area contributed by atoms with E-state index in [0.717, 1.165) is 67.6 Å². The molecular weight excluding hydrogens is 422 g/mol. The van der Waals surface area contributed by atoms with Crippen LogP contribution in [0.3, 0.4) is 0 Å². The van der Waals surface area contributed by atoms with E-state index in [0.29, 0.717) is 31.2 Å². The van der Waals surface area contributed by atoms with Gasteiger partial charge in [0, 0.05) is 43.7 Å². The first-order valence-electron chi connectivity index (χ1n) is 11.8. The van der Waals surface area contributed by atoms with Gasteiger partial charge in [-0.1, -0.05) is 0 Å². The predicted molar refractivity (Wildman–Crippen MR) is 128 cm³/mol. The maximum atomic E-state index is 12.9. The van der Waals surface area contributed by atoms with Gasteiger partial charge in [-0.15, -0.1) is 11.3 Å². The van der Waals surface area contributed by atoms with Crippen molar-refractivity contribution in [2.45, 2.75) is 52.2 Å². The molecule has 2 aliphatic rings. The van der Waals surface area contributed by atoms with Crippen LogP contribution in [0.2, 0.25) is 0 Å². The molecule has 1 amide bonds. The SMILES string of the molecule is CCOc1ccc(-c2nc(CC(=O)N3CCC(CN4CC(C)OC(C)C4)CC3)cs2)cc1. The Morgan fingerprint density at radius 3 is 2.50 bits per heavy atom. The Kier molecular flexibility index (Phi) is 7.81. The quantitative estimate of drug-likeness (QED) is 0.627. The van der Waals surface area contributed by atoms with Crippen molar-refractivity contribution in [2.75, 3.05) is 39.3 Å². The molecule has 0 spiro atoms. The highest BCUT2D eigenvalue weighted by Crippen LogP contribution is 2.27. The van der Waals surface area contributed by atoms with E-state index in [9.17, 15) is 4.79 Å².